The number of imidazole rings is 1. The van der Waals surface area contributed by atoms with Gasteiger partial charge in [-0.25, -0.2) is 14.4 Å². The lowest BCUT2D eigenvalue weighted by atomic mass is 10.0. The number of aryl methyl sites for hydroxylation is 1. The van der Waals surface area contributed by atoms with E-state index in [2.05, 4.69) is 20.2 Å². The van der Waals surface area contributed by atoms with Crippen LogP contribution >= 0.6 is 11.3 Å². The molecule has 1 aliphatic rings. The van der Waals surface area contributed by atoms with Crippen LogP contribution in [0, 0.1) is 12.7 Å². The number of pyridine rings is 1. The Hall–Kier alpha value is -3.24. The lowest BCUT2D eigenvalue weighted by Crippen LogP contribution is -2.39. The number of piperidine rings is 1. The number of hydrogen-bond acceptors (Lipinski definition) is 7. The van der Waals surface area contributed by atoms with Crippen LogP contribution in [-0.2, 0) is 0 Å². The Morgan fingerprint density at radius 3 is 2.81 bits per heavy atom. The second kappa shape index (κ2) is 8.03. The quantitative estimate of drug-likeness (QED) is 0.489. The molecule has 10 heteroatoms. The Labute approximate surface area is 187 Å². The number of amides is 1. The van der Waals surface area contributed by atoms with Gasteiger partial charge in [-0.05, 0) is 31.9 Å². The number of carbonyl (C=O) groups excluding carboxylic acids is 1. The number of rotatable bonds is 4. The highest BCUT2D eigenvalue weighted by Gasteiger charge is 2.23. The van der Waals surface area contributed by atoms with Gasteiger partial charge in [0.15, 0.2) is 11.5 Å². The molecule has 4 heterocycles. The average Bonchev–Trinajstić information content (AvgIpc) is 3.37. The number of benzene rings is 1. The van der Waals surface area contributed by atoms with Crippen molar-refractivity contribution in [2.45, 2.75) is 25.8 Å². The first kappa shape index (κ1) is 20.7. The second-order valence-electron chi connectivity index (χ2n) is 7.96. The van der Waals surface area contributed by atoms with Gasteiger partial charge in [0, 0.05) is 37.6 Å². The number of methoxy groups -OCH3 is 1. The second-order valence-corrected chi connectivity index (χ2v) is 8.92. The number of hydrogen-bond donors (Lipinski definition) is 2. The van der Waals surface area contributed by atoms with Crippen molar-refractivity contribution in [1.82, 2.24) is 14.4 Å². The van der Waals surface area contributed by atoms with Gasteiger partial charge in [-0.3, -0.25) is 4.79 Å². The molecular formula is C22H23FN6O2S. The first-order valence-corrected chi connectivity index (χ1v) is 11.2. The largest absolute Gasteiger partial charge is 0.473 e. The van der Waals surface area contributed by atoms with Crippen LogP contribution in [0.4, 0.5) is 15.8 Å². The predicted molar refractivity (Wildman–Crippen MR) is 123 cm³/mol. The summed E-state index contributed by atoms with van der Waals surface area (Å²) in [6, 6.07) is 5.19. The minimum atomic E-state index is -0.505. The molecule has 1 aromatic carbocycles. The van der Waals surface area contributed by atoms with Gasteiger partial charge in [-0.1, -0.05) is 11.3 Å². The third-order valence-electron chi connectivity index (χ3n) is 5.69. The maximum atomic E-state index is 14.4. The third kappa shape index (κ3) is 3.65. The molecule has 0 aliphatic carbocycles. The van der Waals surface area contributed by atoms with Crippen LogP contribution in [-0.4, -0.2) is 46.5 Å². The highest BCUT2D eigenvalue weighted by Crippen LogP contribution is 2.38. The maximum absolute atomic E-state index is 14.4. The zero-order chi connectivity index (χ0) is 22.4. The Bertz CT molecular complexity index is 1330. The summed E-state index contributed by atoms with van der Waals surface area (Å²) in [6.07, 6.45) is 5.18. The van der Waals surface area contributed by atoms with Crippen LogP contribution in [0.5, 0.6) is 5.19 Å². The number of halogens is 1. The molecule has 1 fully saturated rings. The van der Waals surface area contributed by atoms with Gasteiger partial charge in [-0.15, -0.1) is 0 Å². The fourth-order valence-electron chi connectivity index (χ4n) is 4.08. The van der Waals surface area contributed by atoms with E-state index >= 15 is 0 Å². The van der Waals surface area contributed by atoms with Crippen LogP contribution < -0.4 is 20.7 Å². The summed E-state index contributed by atoms with van der Waals surface area (Å²) in [4.78, 5) is 24.1. The van der Waals surface area contributed by atoms with Gasteiger partial charge < -0.3 is 25.1 Å². The molecule has 0 radical (unpaired) electrons. The number of carbonyl (C=O) groups is 1. The Kier molecular flexibility index (Phi) is 5.18. The summed E-state index contributed by atoms with van der Waals surface area (Å²) < 4.78 is 22.2. The number of nitrogens with two attached hydrogens (primary N) is 1. The monoisotopic (exact) mass is 454 g/mol. The smallest absolute Gasteiger partial charge is 0.274 e. The predicted octanol–water partition coefficient (Wildman–Crippen LogP) is 3.58. The van der Waals surface area contributed by atoms with E-state index in [-0.39, 0.29) is 17.6 Å². The van der Waals surface area contributed by atoms with Crippen molar-refractivity contribution in [3.63, 3.8) is 0 Å². The van der Waals surface area contributed by atoms with Crippen molar-refractivity contribution in [2.75, 3.05) is 30.4 Å². The maximum Gasteiger partial charge on any atom is 0.274 e. The van der Waals surface area contributed by atoms with E-state index in [1.165, 1.54) is 17.4 Å². The average molecular weight is 455 g/mol. The minimum Gasteiger partial charge on any atom is -0.473 e. The number of anilines is 2. The van der Waals surface area contributed by atoms with Crippen molar-refractivity contribution in [3.8, 4) is 5.19 Å². The highest BCUT2D eigenvalue weighted by atomic mass is 32.1. The molecule has 0 spiro atoms. The summed E-state index contributed by atoms with van der Waals surface area (Å²) in [6.45, 7) is 3.49. The highest BCUT2D eigenvalue weighted by molar-refractivity contribution is 7.21. The number of nitrogens with zero attached hydrogens (tertiary/aromatic N) is 4. The minimum absolute atomic E-state index is 0.220. The van der Waals surface area contributed by atoms with E-state index in [0.717, 1.165) is 36.3 Å². The SMILES string of the molecule is COc1nc2c(C(=O)Nc3cc(F)c4nc(C)cn4c3)ccc(N3CCC(N)CC3)c2s1. The van der Waals surface area contributed by atoms with Gasteiger partial charge in [0.1, 0.15) is 5.52 Å². The van der Waals surface area contributed by atoms with E-state index < -0.39 is 5.82 Å². The summed E-state index contributed by atoms with van der Waals surface area (Å²) in [5, 5.41) is 3.27. The van der Waals surface area contributed by atoms with Crippen molar-refractivity contribution in [3.05, 3.63) is 47.7 Å². The van der Waals surface area contributed by atoms with Crippen LogP contribution in [0.1, 0.15) is 28.9 Å². The molecule has 0 bridgehead atoms. The van der Waals surface area contributed by atoms with Gasteiger partial charge in [0.2, 0.25) is 0 Å². The van der Waals surface area contributed by atoms with Gasteiger partial charge >= 0.3 is 0 Å². The van der Waals surface area contributed by atoms with Gasteiger partial charge in [-0.2, -0.15) is 0 Å². The van der Waals surface area contributed by atoms with Crippen molar-refractivity contribution in [1.29, 1.82) is 0 Å². The molecule has 4 aromatic rings. The number of thiazole rings is 1. The van der Waals surface area contributed by atoms with Crippen LogP contribution in [0.3, 0.4) is 0 Å². The number of fused-ring (bicyclic) bond motifs is 2. The summed E-state index contributed by atoms with van der Waals surface area (Å²) in [5.74, 6) is -0.874. The van der Waals surface area contributed by atoms with E-state index in [9.17, 15) is 9.18 Å². The lowest BCUT2D eigenvalue weighted by molar-refractivity contribution is 0.102. The van der Waals surface area contributed by atoms with Crippen LogP contribution in [0.2, 0.25) is 0 Å². The summed E-state index contributed by atoms with van der Waals surface area (Å²) >= 11 is 1.40. The normalized spacial score (nSPS) is 14.9. The Morgan fingerprint density at radius 2 is 2.06 bits per heavy atom. The Balaban J connectivity index is 1.50. The van der Waals surface area contributed by atoms with Crippen molar-refractivity contribution < 1.29 is 13.9 Å². The topological polar surface area (TPSA) is 97.8 Å². The van der Waals surface area contributed by atoms with E-state index in [1.807, 2.05) is 6.07 Å². The number of ether oxygens (including phenoxy) is 1. The lowest BCUT2D eigenvalue weighted by Gasteiger charge is -2.32. The van der Waals surface area contributed by atoms with E-state index in [1.54, 1.807) is 36.9 Å². The zero-order valence-electron chi connectivity index (χ0n) is 17.8. The molecule has 166 valence electrons. The fourth-order valence-corrected chi connectivity index (χ4v) is 5.03. The molecule has 0 atom stereocenters. The van der Waals surface area contributed by atoms with E-state index in [0.29, 0.717) is 27.7 Å². The first-order valence-electron chi connectivity index (χ1n) is 10.4. The molecule has 1 amide bonds. The summed E-state index contributed by atoms with van der Waals surface area (Å²) in [5.41, 5.74) is 9.29. The molecule has 8 nitrogen and oxygen atoms in total. The fraction of sp³-hybridized carbons (Fsp3) is 0.318. The standard InChI is InChI=1S/C22H23FN6O2S/c1-12-10-29-11-14(9-16(23)20(29)25-12)26-21(30)15-3-4-17(28-7-5-13(24)6-8-28)19-18(15)27-22(31-2)32-19/h3-4,9-11,13H,5-8,24H2,1-2H3,(H,26,30). The third-order valence-corrected chi connectivity index (χ3v) is 6.73. The molecule has 32 heavy (non-hydrogen) atoms. The van der Waals surface area contributed by atoms with Gasteiger partial charge in [0.25, 0.3) is 11.1 Å². The molecule has 0 unspecified atom stereocenters. The number of nitrogens with one attached hydrogen (secondary N) is 1. The molecule has 1 saturated heterocycles. The number of aromatic nitrogens is 3. The first-order chi connectivity index (χ1) is 15.4. The molecule has 0 saturated carbocycles. The van der Waals surface area contributed by atoms with E-state index in [4.69, 9.17) is 10.5 Å². The van der Waals surface area contributed by atoms with Crippen LogP contribution in [0.25, 0.3) is 15.9 Å². The molecule has 3 N–H and O–H groups in total. The molecule has 1 aliphatic heterocycles. The Morgan fingerprint density at radius 1 is 1.28 bits per heavy atom. The zero-order valence-corrected chi connectivity index (χ0v) is 18.6. The van der Waals surface area contributed by atoms with Crippen molar-refractivity contribution in [2.24, 2.45) is 5.73 Å². The molecular weight excluding hydrogens is 431 g/mol. The van der Waals surface area contributed by atoms with Crippen LogP contribution in [0.15, 0.2) is 30.6 Å². The summed E-state index contributed by atoms with van der Waals surface area (Å²) in [7, 11) is 1.56. The van der Waals surface area contributed by atoms with Crippen molar-refractivity contribution >= 4 is 44.5 Å². The molecule has 5 rings (SSSR count). The molecule has 3 aromatic heterocycles. The van der Waals surface area contributed by atoms with Gasteiger partial charge in [0.05, 0.1) is 34.4 Å².